The van der Waals surface area contributed by atoms with E-state index >= 15 is 0 Å². The van der Waals surface area contributed by atoms with Crippen LogP contribution < -0.4 is 4.74 Å². The minimum atomic E-state index is -3.59. The number of aromatic nitrogens is 1. The predicted octanol–water partition coefficient (Wildman–Crippen LogP) is 3.58. The van der Waals surface area contributed by atoms with E-state index in [-0.39, 0.29) is 23.9 Å². The lowest BCUT2D eigenvalue weighted by atomic mass is 10.0. The van der Waals surface area contributed by atoms with Gasteiger partial charge in [-0.15, -0.1) is 0 Å². The van der Waals surface area contributed by atoms with Crippen LogP contribution in [0.15, 0.2) is 28.7 Å². The van der Waals surface area contributed by atoms with Crippen molar-refractivity contribution in [3.8, 4) is 17.2 Å². The molecule has 0 spiro atoms. The zero-order chi connectivity index (χ0) is 19.3. The van der Waals surface area contributed by atoms with Crippen molar-refractivity contribution >= 4 is 15.6 Å². The Hall–Kier alpha value is -2.15. The number of aryl methyl sites for hydroxylation is 1. The third kappa shape index (κ3) is 5.42. The van der Waals surface area contributed by atoms with Crippen LogP contribution in [0.4, 0.5) is 0 Å². The second kappa shape index (κ2) is 8.49. The number of ether oxygens (including phenoxy) is 1. The van der Waals surface area contributed by atoms with Gasteiger partial charge in [-0.05, 0) is 31.0 Å². The highest BCUT2D eigenvalue weighted by molar-refractivity contribution is 7.91. The fourth-order valence-corrected chi connectivity index (χ4v) is 3.93. The zero-order valence-corrected chi connectivity index (χ0v) is 16.4. The van der Waals surface area contributed by atoms with E-state index in [1.54, 1.807) is 32.2 Å². The van der Waals surface area contributed by atoms with Gasteiger partial charge in [0.1, 0.15) is 23.0 Å². The molecule has 0 aliphatic carbocycles. The molecular formula is C19H25NO5S. The second-order valence-electron chi connectivity index (χ2n) is 6.54. The predicted molar refractivity (Wildman–Crippen MR) is 99.8 cm³/mol. The molecule has 0 saturated heterocycles. The van der Waals surface area contributed by atoms with Crippen LogP contribution >= 0.6 is 0 Å². The van der Waals surface area contributed by atoms with Gasteiger partial charge in [-0.3, -0.25) is 4.79 Å². The summed E-state index contributed by atoms with van der Waals surface area (Å²) < 4.78 is 35.5. The molecule has 0 aliphatic heterocycles. The molecule has 1 heterocycles. The number of benzene rings is 1. The van der Waals surface area contributed by atoms with Gasteiger partial charge in [-0.1, -0.05) is 26.3 Å². The standard InChI is InChI=1S/C19H25NO5S/c1-5-13(2)9-16(21)11-26(22,23)12-18-14(3)25-19(20-18)15-7-6-8-17(10-15)24-4/h6-8,10,13H,5,9,11-12H2,1-4H3. The van der Waals surface area contributed by atoms with Crippen molar-refractivity contribution in [2.45, 2.75) is 39.4 Å². The summed E-state index contributed by atoms with van der Waals surface area (Å²) in [7, 11) is -2.02. The summed E-state index contributed by atoms with van der Waals surface area (Å²) in [6.45, 7) is 5.58. The van der Waals surface area contributed by atoms with E-state index in [1.165, 1.54) is 0 Å². The van der Waals surface area contributed by atoms with E-state index in [1.807, 2.05) is 19.9 Å². The molecule has 0 N–H and O–H groups in total. The number of Topliss-reactive ketones (excluding diaryl/α,β-unsaturated/α-hetero) is 1. The van der Waals surface area contributed by atoms with Crippen LogP contribution in [0.25, 0.3) is 11.5 Å². The average Bonchev–Trinajstić information content (AvgIpc) is 2.94. The molecule has 0 bridgehead atoms. The van der Waals surface area contributed by atoms with Crippen molar-refractivity contribution in [1.82, 2.24) is 4.98 Å². The highest BCUT2D eigenvalue weighted by Crippen LogP contribution is 2.26. The van der Waals surface area contributed by atoms with Gasteiger partial charge in [0, 0.05) is 12.0 Å². The van der Waals surface area contributed by atoms with Crippen molar-refractivity contribution in [2.24, 2.45) is 5.92 Å². The number of nitrogens with zero attached hydrogens (tertiary/aromatic N) is 1. The maximum absolute atomic E-state index is 12.4. The van der Waals surface area contributed by atoms with Crippen LogP contribution in [0.1, 0.15) is 38.1 Å². The van der Waals surface area contributed by atoms with Crippen LogP contribution in [0.3, 0.4) is 0 Å². The lowest BCUT2D eigenvalue weighted by Gasteiger charge is -2.07. The highest BCUT2D eigenvalue weighted by atomic mass is 32.2. The molecule has 0 fully saturated rings. The van der Waals surface area contributed by atoms with Crippen LogP contribution in [0.2, 0.25) is 0 Å². The molecule has 1 atom stereocenters. The molecule has 7 heteroatoms. The number of methoxy groups -OCH3 is 1. The summed E-state index contributed by atoms with van der Waals surface area (Å²) in [5.74, 6) is 0.581. The summed E-state index contributed by atoms with van der Waals surface area (Å²) in [4.78, 5) is 16.3. The lowest BCUT2D eigenvalue weighted by molar-refractivity contribution is -0.117. The summed E-state index contributed by atoms with van der Waals surface area (Å²) in [5.41, 5.74) is 1.03. The molecule has 1 aromatic carbocycles. The van der Waals surface area contributed by atoms with Gasteiger partial charge in [-0.25, -0.2) is 13.4 Å². The van der Waals surface area contributed by atoms with E-state index in [0.717, 1.165) is 6.42 Å². The molecule has 1 aromatic heterocycles. The first-order valence-corrected chi connectivity index (χ1v) is 10.4. The number of hydrogen-bond donors (Lipinski definition) is 0. The van der Waals surface area contributed by atoms with E-state index in [0.29, 0.717) is 28.7 Å². The Bertz CT molecular complexity index is 870. The Labute approximate surface area is 154 Å². The first-order valence-electron chi connectivity index (χ1n) is 8.57. The summed E-state index contributed by atoms with van der Waals surface area (Å²) >= 11 is 0. The molecule has 6 nitrogen and oxygen atoms in total. The van der Waals surface area contributed by atoms with Crippen LogP contribution in [-0.4, -0.2) is 32.0 Å². The lowest BCUT2D eigenvalue weighted by Crippen LogP contribution is -2.19. The maximum Gasteiger partial charge on any atom is 0.226 e. The van der Waals surface area contributed by atoms with E-state index in [4.69, 9.17) is 9.15 Å². The Morgan fingerprint density at radius 2 is 2.08 bits per heavy atom. The minimum Gasteiger partial charge on any atom is -0.497 e. The Morgan fingerprint density at radius 3 is 2.73 bits per heavy atom. The van der Waals surface area contributed by atoms with Gasteiger partial charge in [-0.2, -0.15) is 0 Å². The largest absolute Gasteiger partial charge is 0.497 e. The minimum absolute atomic E-state index is 0.186. The van der Waals surface area contributed by atoms with Gasteiger partial charge in [0.25, 0.3) is 0 Å². The SMILES string of the molecule is CCC(C)CC(=O)CS(=O)(=O)Cc1nc(-c2cccc(OC)c2)oc1C. The third-order valence-corrected chi connectivity index (χ3v) is 5.70. The molecule has 0 radical (unpaired) electrons. The molecule has 0 saturated carbocycles. The van der Waals surface area contributed by atoms with Crippen LogP contribution in [0.5, 0.6) is 5.75 Å². The van der Waals surface area contributed by atoms with E-state index in [9.17, 15) is 13.2 Å². The van der Waals surface area contributed by atoms with Gasteiger partial charge < -0.3 is 9.15 Å². The summed E-state index contributed by atoms with van der Waals surface area (Å²) in [6.07, 6.45) is 1.13. The Morgan fingerprint density at radius 1 is 1.35 bits per heavy atom. The number of sulfone groups is 1. The van der Waals surface area contributed by atoms with E-state index in [2.05, 4.69) is 4.98 Å². The molecule has 2 aromatic rings. The molecule has 1 unspecified atom stereocenters. The molecular weight excluding hydrogens is 354 g/mol. The van der Waals surface area contributed by atoms with Crippen LogP contribution in [-0.2, 0) is 20.4 Å². The molecule has 0 amide bonds. The highest BCUT2D eigenvalue weighted by Gasteiger charge is 2.22. The van der Waals surface area contributed by atoms with Crippen molar-refractivity contribution in [3.63, 3.8) is 0 Å². The van der Waals surface area contributed by atoms with Gasteiger partial charge in [0.15, 0.2) is 9.84 Å². The van der Waals surface area contributed by atoms with Crippen molar-refractivity contribution < 1.29 is 22.4 Å². The van der Waals surface area contributed by atoms with Crippen molar-refractivity contribution in [2.75, 3.05) is 12.9 Å². The number of carbonyl (C=O) groups excluding carboxylic acids is 1. The Kier molecular flexibility index (Phi) is 6.58. The van der Waals surface area contributed by atoms with Crippen LogP contribution in [0, 0.1) is 12.8 Å². The fourth-order valence-electron chi connectivity index (χ4n) is 2.54. The number of ketones is 1. The quantitative estimate of drug-likeness (QED) is 0.662. The van der Waals surface area contributed by atoms with Gasteiger partial charge >= 0.3 is 0 Å². The van der Waals surface area contributed by atoms with Crippen molar-refractivity contribution in [1.29, 1.82) is 0 Å². The normalized spacial score (nSPS) is 12.8. The average molecular weight is 379 g/mol. The van der Waals surface area contributed by atoms with Gasteiger partial charge in [0.2, 0.25) is 5.89 Å². The number of carbonyl (C=O) groups is 1. The first-order chi connectivity index (χ1) is 12.2. The summed E-state index contributed by atoms with van der Waals surface area (Å²) in [6, 6.07) is 7.17. The zero-order valence-electron chi connectivity index (χ0n) is 15.6. The maximum atomic E-state index is 12.4. The molecule has 26 heavy (non-hydrogen) atoms. The molecule has 142 valence electrons. The summed E-state index contributed by atoms with van der Waals surface area (Å²) in [5, 5.41) is 0. The number of rotatable bonds is 9. The topological polar surface area (TPSA) is 86.5 Å². The number of oxazole rings is 1. The van der Waals surface area contributed by atoms with Crippen molar-refractivity contribution in [3.05, 3.63) is 35.7 Å². The third-order valence-electron chi connectivity index (χ3n) is 4.22. The second-order valence-corrected chi connectivity index (χ2v) is 8.61. The fraction of sp³-hybridized carbons (Fsp3) is 0.474. The molecule has 0 aliphatic rings. The number of hydrogen-bond acceptors (Lipinski definition) is 6. The molecule has 2 rings (SSSR count). The Balaban J connectivity index is 2.14. The smallest absolute Gasteiger partial charge is 0.226 e. The monoisotopic (exact) mass is 379 g/mol. The first kappa shape index (κ1) is 20.2. The van der Waals surface area contributed by atoms with E-state index < -0.39 is 15.6 Å². The van der Waals surface area contributed by atoms with Gasteiger partial charge in [0.05, 0.1) is 18.6 Å².